The number of amides is 1. The molecular weight excluding hydrogens is 496 g/mol. The van der Waals surface area contributed by atoms with Crippen molar-refractivity contribution < 1.29 is 17.9 Å². The second kappa shape index (κ2) is 10.6. The van der Waals surface area contributed by atoms with Crippen LogP contribution >= 0.6 is 11.8 Å². The fourth-order valence-electron chi connectivity index (χ4n) is 4.06. The molecule has 5 N–H and O–H groups in total. The number of hydrogen-bond donors (Lipinski definition) is 4. The molecule has 0 saturated carbocycles. The van der Waals surface area contributed by atoms with Gasteiger partial charge in [0.1, 0.15) is 5.84 Å². The van der Waals surface area contributed by atoms with Gasteiger partial charge in [0.15, 0.2) is 15.6 Å². The Labute approximate surface area is 215 Å². The number of nitrogen functional groups attached to an aromatic ring is 1. The third kappa shape index (κ3) is 6.19. The summed E-state index contributed by atoms with van der Waals surface area (Å²) in [7, 11) is -3.38. The lowest BCUT2D eigenvalue weighted by atomic mass is 10.1. The fourth-order valence-corrected chi connectivity index (χ4v) is 6.13. The maximum Gasteiger partial charge on any atom is 0.413 e. The molecule has 0 radical (unpaired) electrons. The fraction of sp³-hybridized carbons (Fsp3) is 0.231. The first kappa shape index (κ1) is 25.6. The first-order valence-corrected chi connectivity index (χ1v) is 14.4. The Morgan fingerprint density at radius 1 is 1.00 bits per heavy atom. The molecule has 36 heavy (non-hydrogen) atoms. The van der Waals surface area contributed by atoms with E-state index in [1.54, 1.807) is 78.5 Å². The van der Waals surface area contributed by atoms with Crippen molar-refractivity contribution in [1.29, 1.82) is 5.41 Å². The van der Waals surface area contributed by atoms with Crippen molar-refractivity contribution in [3.05, 3.63) is 78.4 Å². The van der Waals surface area contributed by atoms with Gasteiger partial charge in [-0.15, -0.1) is 0 Å². The summed E-state index contributed by atoms with van der Waals surface area (Å²) in [5, 5.41) is 13.8. The number of sulfone groups is 1. The number of nitrogens with one attached hydrogen (secondary N) is 3. The molecule has 4 rings (SSSR count). The summed E-state index contributed by atoms with van der Waals surface area (Å²) >= 11 is 1.80. The van der Waals surface area contributed by atoms with Crippen LogP contribution in [0, 0.1) is 5.41 Å². The SMILES string of the molecule is CS(=O)(=O)c1ccccc1-c1ccc(NC(=O)OC2(Nc3cccc(C(=N)N)c3)CCSCC2)cc1. The number of amidine groups is 1. The van der Waals surface area contributed by atoms with E-state index in [4.69, 9.17) is 15.9 Å². The number of benzene rings is 3. The molecule has 1 amide bonds. The molecule has 0 aliphatic carbocycles. The average molecular weight is 525 g/mol. The monoisotopic (exact) mass is 524 g/mol. The van der Waals surface area contributed by atoms with Crippen LogP contribution in [0.25, 0.3) is 11.1 Å². The summed E-state index contributed by atoms with van der Waals surface area (Å²) in [5.41, 5.74) is 7.89. The zero-order chi connectivity index (χ0) is 25.8. The largest absolute Gasteiger partial charge is 0.423 e. The number of hydrogen-bond acceptors (Lipinski definition) is 7. The first-order chi connectivity index (χ1) is 17.2. The normalized spacial score (nSPS) is 15.0. The van der Waals surface area contributed by atoms with E-state index in [2.05, 4.69) is 10.6 Å². The Bertz CT molecular complexity index is 1370. The molecule has 0 unspecified atom stereocenters. The standard InChI is InChI=1S/C26H28N4O4S2/c1-36(32,33)23-8-3-2-7-22(23)18-9-11-20(12-10-18)29-25(31)34-26(13-15-35-16-14-26)30-21-6-4-5-19(17-21)24(27)28/h2-12,17,30H,13-16H2,1H3,(H3,27,28)(H,29,31). The predicted octanol–water partition coefficient (Wildman–Crippen LogP) is 4.93. The van der Waals surface area contributed by atoms with E-state index in [9.17, 15) is 13.2 Å². The average Bonchev–Trinajstić information content (AvgIpc) is 2.84. The van der Waals surface area contributed by atoms with Crippen molar-refractivity contribution in [2.24, 2.45) is 5.73 Å². The van der Waals surface area contributed by atoms with Crippen molar-refractivity contribution in [2.75, 3.05) is 28.4 Å². The summed E-state index contributed by atoms with van der Waals surface area (Å²) in [6.07, 6.45) is 1.83. The maximum absolute atomic E-state index is 12.9. The van der Waals surface area contributed by atoms with Gasteiger partial charge in [0.25, 0.3) is 0 Å². The quantitative estimate of drug-likeness (QED) is 0.196. The molecule has 0 bridgehead atoms. The van der Waals surface area contributed by atoms with Crippen LogP contribution in [0.2, 0.25) is 0 Å². The van der Waals surface area contributed by atoms with Gasteiger partial charge >= 0.3 is 6.09 Å². The Morgan fingerprint density at radius 2 is 1.69 bits per heavy atom. The zero-order valence-corrected chi connectivity index (χ0v) is 21.4. The van der Waals surface area contributed by atoms with Gasteiger partial charge in [0, 0.05) is 41.6 Å². The third-order valence-electron chi connectivity index (χ3n) is 5.86. The van der Waals surface area contributed by atoms with Gasteiger partial charge < -0.3 is 15.8 Å². The number of carbonyl (C=O) groups is 1. The molecule has 10 heteroatoms. The third-order valence-corrected chi connectivity index (χ3v) is 8.00. The van der Waals surface area contributed by atoms with E-state index in [1.807, 2.05) is 6.07 Å². The topological polar surface area (TPSA) is 134 Å². The molecule has 0 aromatic heterocycles. The van der Waals surface area contributed by atoms with Crippen molar-refractivity contribution in [3.8, 4) is 11.1 Å². The highest BCUT2D eigenvalue weighted by Gasteiger charge is 2.36. The molecule has 3 aromatic rings. The number of anilines is 2. The van der Waals surface area contributed by atoms with Crippen LogP contribution in [0.5, 0.6) is 0 Å². The minimum Gasteiger partial charge on any atom is -0.423 e. The van der Waals surface area contributed by atoms with Gasteiger partial charge in [-0.25, -0.2) is 13.2 Å². The lowest BCUT2D eigenvalue weighted by Crippen LogP contribution is -2.47. The van der Waals surface area contributed by atoms with Crippen LogP contribution in [0.15, 0.2) is 77.7 Å². The summed E-state index contributed by atoms with van der Waals surface area (Å²) < 4.78 is 30.2. The van der Waals surface area contributed by atoms with Crippen LogP contribution in [0.4, 0.5) is 16.2 Å². The highest BCUT2D eigenvalue weighted by Crippen LogP contribution is 2.33. The van der Waals surface area contributed by atoms with E-state index >= 15 is 0 Å². The van der Waals surface area contributed by atoms with Gasteiger partial charge in [0.05, 0.1) is 4.90 Å². The number of ether oxygens (including phenoxy) is 1. The first-order valence-electron chi connectivity index (χ1n) is 11.4. The molecule has 0 atom stereocenters. The molecule has 0 spiro atoms. The lowest BCUT2D eigenvalue weighted by Gasteiger charge is -2.37. The molecule has 8 nitrogen and oxygen atoms in total. The Kier molecular flexibility index (Phi) is 7.56. The predicted molar refractivity (Wildman–Crippen MR) is 145 cm³/mol. The number of carbonyl (C=O) groups excluding carboxylic acids is 1. The van der Waals surface area contributed by atoms with Crippen molar-refractivity contribution in [3.63, 3.8) is 0 Å². The minimum absolute atomic E-state index is 0.0341. The lowest BCUT2D eigenvalue weighted by molar-refractivity contribution is 0.0354. The highest BCUT2D eigenvalue weighted by molar-refractivity contribution is 7.99. The van der Waals surface area contributed by atoms with E-state index in [0.29, 0.717) is 29.7 Å². The summed E-state index contributed by atoms with van der Waals surface area (Å²) in [4.78, 5) is 13.1. The Balaban J connectivity index is 1.49. The molecular formula is C26H28N4O4S2. The van der Waals surface area contributed by atoms with E-state index < -0.39 is 21.7 Å². The molecule has 1 aliphatic heterocycles. The van der Waals surface area contributed by atoms with E-state index in [-0.39, 0.29) is 10.7 Å². The van der Waals surface area contributed by atoms with Crippen molar-refractivity contribution >= 4 is 44.9 Å². The van der Waals surface area contributed by atoms with Gasteiger partial charge in [-0.3, -0.25) is 10.7 Å². The summed E-state index contributed by atoms with van der Waals surface area (Å²) in [5.74, 6) is 1.63. The second-order valence-electron chi connectivity index (χ2n) is 8.59. The van der Waals surface area contributed by atoms with Gasteiger partial charge in [-0.05, 0) is 47.4 Å². The van der Waals surface area contributed by atoms with E-state index in [1.165, 1.54) is 6.26 Å². The second-order valence-corrected chi connectivity index (χ2v) is 11.8. The summed E-state index contributed by atoms with van der Waals surface area (Å²) in [6, 6.07) is 20.9. The van der Waals surface area contributed by atoms with Crippen molar-refractivity contribution in [1.82, 2.24) is 0 Å². The molecule has 1 saturated heterocycles. The Morgan fingerprint density at radius 3 is 2.36 bits per heavy atom. The zero-order valence-electron chi connectivity index (χ0n) is 19.8. The molecule has 1 fully saturated rings. The van der Waals surface area contributed by atoms with Crippen LogP contribution in [-0.2, 0) is 14.6 Å². The van der Waals surface area contributed by atoms with Crippen LogP contribution in [0.1, 0.15) is 18.4 Å². The van der Waals surface area contributed by atoms with Crippen LogP contribution in [0.3, 0.4) is 0 Å². The molecule has 3 aromatic carbocycles. The summed E-state index contributed by atoms with van der Waals surface area (Å²) in [6.45, 7) is 0. The van der Waals surface area contributed by atoms with Crippen molar-refractivity contribution in [2.45, 2.75) is 23.5 Å². The van der Waals surface area contributed by atoms with Gasteiger partial charge in [-0.2, -0.15) is 11.8 Å². The van der Waals surface area contributed by atoms with E-state index in [0.717, 1.165) is 22.8 Å². The maximum atomic E-state index is 12.9. The minimum atomic E-state index is -3.38. The molecule has 188 valence electrons. The van der Waals surface area contributed by atoms with Gasteiger partial charge in [-0.1, -0.05) is 42.5 Å². The molecule has 1 heterocycles. The highest BCUT2D eigenvalue weighted by atomic mass is 32.2. The number of rotatable bonds is 7. The number of nitrogens with two attached hydrogens (primary N) is 1. The molecule has 1 aliphatic rings. The number of thioether (sulfide) groups is 1. The Hall–Kier alpha value is -3.50. The van der Waals surface area contributed by atoms with Crippen LogP contribution in [-0.4, -0.2) is 43.8 Å². The smallest absolute Gasteiger partial charge is 0.413 e. The van der Waals surface area contributed by atoms with Gasteiger partial charge in [0.2, 0.25) is 0 Å². The van der Waals surface area contributed by atoms with Crippen LogP contribution < -0.4 is 16.4 Å².